The number of nitrogens with zero attached hydrogens (tertiary/aromatic N) is 5. The van der Waals surface area contributed by atoms with Gasteiger partial charge in [0.1, 0.15) is 5.82 Å². The summed E-state index contributed by atoms with van der Waals surface area (Å²) >= 11 is 0. The van der Waals surface area contributed by atoms with E-state index in [4.69, 9.17) is 4.74 Å². The SMILES string of the molecule is O=C(Nc1ccc(CNc2ncccn2)cc1)Nc1nccc(NCCN2CCOCC2)n1. The molecule has 1 aliphatic heterocycles. The quantitative estimate of drug-likeness (QED) is 0.389. The molecule has 0 unspecified atom stereocenters. The molecular weight excluding hydrogens is 422 g/mol. The normalized spacial score (nSPS) is 13.8. The summed E-state index contributed by atoms with van der Waals surface area (Å²) in [6.07, 6.45) is 4.97. The Labute approximate surface area is 192 Å². The van der Waals surface area contributed by atoms with Gasteiger partial charge in [-0.1, -0.05) is 12.1 Å². The smallest absolute Gasteiger partial charge is 0.326 e. The summed E-state index contributed by atoms with van der Waals surface area (Å²) in [5.41, 5.74) is 1.69. The largest absolute Gasteiger partial charge is 0.379 e. The predicted molar refractivity (Wildman–Crippen MR) is 126 cm³/mol. The lowest BCUT2D eigenvalue weighted by molar-refractivity contribution is 0.0398. The van der Waals surface area contributed by atoms with Crippen molar-refractivity contribution < 1.29 is 9.53 Å². The van der Waals surface area contributed by atoms with Gasteiger partial charge in [-0.05, 0) is 29.8 Å². The van der Waals surface area contributed by atoms with Crippen molar-refractivity contribution >= 4 is 29.4 Å². The topological polar surface area (TPSA) is 129 Å². The van der Waals surface area contributed by atoms with E-state index in [1.165, 1.54) is 0 Å². The van der Waals surface area contributed by atoms with Gasteiger partial charge in [-0.3, -0.25) is 10.2 Å². The van der Waals surface area contributed by atoms with Crippen LogP contribution in [0.5, 0.6) is 0 Å². The van der Waals surface area contributed by atoms with Crippen molar-refractivity contribution in [2.24, 2.45) is 0 Å². The van der Waals surface area contributed by atoms with Crippen LogP contribution in [0, 0.1) is 0 Å². The average Bonchev–Trinajstić information content (AvgIpc) is 2.85. The second kappa shape index (κ2) is 11.7. The Hall–Kier alpha value is -3.83. The Bertz CT molecular complexity index is 1010. The van der Waals surface area contributed by atoms with Crippen LogP contribution in [0.4, 0.5) is 28.2 Å². The van der Waals surface area contributed by atoms with Gasteiger partial charge >= 0.3 is 6.03 Å². The molecule has 2 amide bonds. The number of anilines is 4. The number of carbonyl (C=O) groups is 1. The first-order valence-electron chi connectivity index (χ1n) is 10.8. The summed E-state index contributed by atoms with van der Waals surface area (Å²) in [5.74, 6) is 1.46. The summed E-state index contributed by atoms with van der Waals surface area (Å²) in [6, 6.07) is 10.6. The van der Waals surface area contributed by atoms with Gasteiger partial charge in [0, 0.05) is 57.0 Å². The summed E-state index contributed by atoms with van der Waals surface area (Å²) < 4.78 is 5.36. The van der Waals surface area contributed by atoms with E-state index in [0.717, 1.165) is 45.0 Å². The van der Waals surface area contributed by atoms with Crippen molar-refractivity contribution in [2.45, 2.75) is 6.54 Å². The fourth-order valence-corrected chi connectivity index (χ4v) is 3.23. The number of rotatable bonds is 9. The Morgan fingerprint density at radius 3 is 2.45 bits per heavy atom. The first kappa shape index (κ1) is 22.4. The molecule has 2 aromatic heterocycles. The van der Waals surface area contributed by atoms with Gasteiger partial charge in [-0.25, -0.2) is 19.7 Å². The van der Waals surface area contributed by atoms with E-state index >= 15 is 0 Å². The van der Waals surface area contributed by atoms with Crippen molar-refractivity contribution in [3.8, 4) is 0 Å². The number of ether oxygens (including phenoxy) is 1. The van der Waals surface area contributed by atoms with Crippen LogP contribution in [0.3, 0.4) is 0 Å². The number of hydrogen-bond donors (Lipinski definition) is 4. The van der Waals surface area contributed by atoms with Gasteiger partial charge in [-0.2, -0.15) is 4.98 Å². The minimum absolute atomic E-state index is 0.229. The number of amides is 2. The maximum absolute atomic E-state index is 12.3. The number of hydrogen-bond acceptors (Lipinski definition) is 9. The summed E-state index contributed by atoms with van der Waals surface area (Å²) in [5, 5.41) is 11.9. The first-order valence-corrected chi connectivity index (χ1v) is 10.8. The molecule has 0 radical (unpaired) electrons. The van der Waals surface area contributed by atoms with Crippen molar-refractivity contribution in [1.29, 1.82) is 0 Å². The van der Waals surface area contributed by atoms with Gasteiger partial charge in [-0.15, -0.1) is 0 Å². The van der Waals surface area contributed by atoms with E-state index in [0.29, 0.717) is 24.0 Å². The Balaban J connectivity index is 1.21. The minimum atomic E-state index is -0.413. The maximum Gasteiger partial charge on any atom is 0.326 e. The highest BCUT2D eigenvalue weighted by Crippen LogP contribution is 2.12. The van der Waals surface area contributed by atoms with Gasteiger partial charge in [0.05, 0.1) is 13.2 Å². The van der Waals surface area contributed by atoms with E-state index in [2.05, 4.69) is 46.1 Å². The second-order valence-corrected chi connectivity index (χ2v) is 7.35. The Morgan fingerprint density at radius 2 is 1.67 bits per heavy atom. The number of nitrogens with one attached hydrogen (secondary N) is 4. The van der Waals surface area contributed by atoms with Crippen LogP contribution >= 0.6 is 0 Å². The molecular formula is C22H27N9O2. The molecule has 1 saturated heterocycles. The van der Waals surface area contributed by atoms with Gasteiger partial charge in [0.15, 0.2) is 0 Å². The molecule has 1 aromatic carbocycles. The molecule has 11 nitrogen and oxygen atoms in total. The zero-order chi connectivity index (χ0) is 22.7. The fourth-order valence-electron chi connectivity index (χ4n) is 3.23. The average molecular weight is 450 g/mol. The van der Waals surface area contributed by atoms with Gasteiger partial charge < -0.3 is 20.7 Å². The van der Waals surface area contributed by atoms with Crippen molar-refractivity contribution in [3.63, 3.8) is 0 Å². The lowest BCUT2D eigenvalue weighted by Crippen LogP contribution is -2.39. The lowest BCUT2D eigenvalue weighted by Gasteiger charge is -2.26. The highest BCUT2D eigenvalue weighted by Gasteiger charge is 2.10. The standard InChI is InChI=1S/C22H27N9O2/c32-22(28-18-4-2-17(3-5-18)16-27-20-24-7-1-8-25-20)30-21-26-9-6-19(29-21)23-10-11-31-12-14-33-15-13-31/h1-9H,10-16H2,(H,24,25,27)(H3,23,26,28,29,30,32). The third-order valence-electron chi connectivity index (χ3n) is 4.95. The molecule has 0 saturated carbocycles. The Morgan fingerprint density at radius 1 is 0.909 bits per heavy atom. The predicted octanol–water partition coefficient (Wildman–Crippen LogP) is 2.27. The molecule has 33 heavy (non-hydrogen) atoms. The van der Waals surface area contributed by atoms with Crippen LogP contribution in [-0.2, 0) is 11.3 Å². The Kier molecular flexibility index (Phi) is 7.93. The highest BCUT2D eigenvalue weighted by molar-refractivity contribution is 5.98. The van der Waals surface area contributed by atoms with E-state index in [1.807, 2.05) is 24.3 Å². The fraction of sp³-hybridized carbons (Fsp3) is 0.318. The minimum Gasteiger partial charge on any atom is -0.379 e. The third kappa shape index (κ3) is 7.37. The second-order valence-electron chi connectivity index (χ2n) is 7.35. The number of carbonyl (C=O) groups excluding carboxylic acids is 1. The van der Waals surface area contributed by atoms with Crippen molar-refractivity contribution in [2.75, 3.05) is 60.7 Å². The zero-order valence-electron chi connectivity index (χ0n) is 18.2. The summed E-state index contributed by atoms with van der Waals surface area (Å²) in [7, 11) is 0. The van der Waals surface area contributed by atoms with E-state index < -0.39 is 6.03 Å². The van der Waals surface area contributed by atoms with Crippen molar-refractivity contribution in [1.82, 2.24) is 24.8 Å². The van der Waals surface area contributed by atoms with Gasteiger partial charge in [0.2, 0.25) is 11.9 Å². The van der Waals surface area contributed by atoms with E-state index in [1.54, 1.807) is 30.7 Å². The number of aromatic nitrogens is 4. The summed E-state index contributed by atoms with van der Waals surface area (Å²) in [4.78, 5) is 31.4. The molecule has 4 rings (SSSR count). The van der Waals surface area contributed by atoms with Crippen LogP contribution in [0.1, 0.15) is 5.56 Å². The van der Waals surface area contributed by atoms with Crippen molar-refractivity contribution in [3.05, 3.63) is 60.6 Å². The molecule has 0 spiro atoms. The van der Waals surface area contributed by atoms with E-state index in [-0.39, 0.29) is 5.95 Å². The first-order chi connectivity index (χ1) is 16.2. The molecule has 11 heteroatoms. The molecule has 1 fully saturated rings. The van der Waals surface area contributed by atoms with Crippen LogP contribution in [-0.4, -0.2) is 70.3 Å². The molecule has 4 N–H and O–H groups in total. The maximum atomic E-state index is 12.3. The molecule has 0 bridgehead atoms. The monoisotopic (exact) mass is 449 g/mol. The molecule has 3 aromatic rings. The zero-order valence-corrected chi connectivity index (χ0v) is 18.2. The number of urea groups is 1. The molecule has 3 heterocycles. The van der Waals surface area contributed by atoms with Crippen LogP contribution < -0.4 is 21.3 Å². The molecule has 0 aliphatic carbocycles. The molecule has 172 valence electrons. The van der Waals surface area contributed by atoms with Crippen LogP contribution in [0.25, 0.3) is 0 Å². The van der Waals surface area contributed by atoms with E-state index in [9.17, 15) is 4.79 Å². The third-order valence-corrected chi connectivity index (χ3v) is 4.95. The summed E-state index contributed by atoms with van der Waals surface area (Å²) in [6.45, 7) is 5.67. The number of morpholine rings is 1. The highest BCUT2D eigenvalue weighted by atomic mass is 16.5. The van der Waals surface area contributed by atoms with Crippen LogP contribution in [0.2, 0.25) is 0 Å². The van der Waals surface area contributed by atoms with Crippen LogP contribution in [0.15, 0.2) is 55.0 Å². The number of benzene rings is 1. The van der Waals surface area contributed by atoms with Gasteiger partial charge in [0.25, 0.3) is 0 Å². The molecule has 0 atom stereocenters. The lowest BCUT2D eigenvalue weighted by atomic mass is 10.2. The molecule has 1 aliphatic rings.